The van der Waals surface area contributed by atoms with Crippen molar-refractivity contribution in [3.63, 3.8) is 0 Å². The van der Waals surface area contributed by atoms with Gasteiger partial charge in [-0.05, 0) is 50.8 Å². The minimum absolute atomic E-state index is 0. The van der Waals surface area contributed by atoms with Crippen molar-refractivity contribution in [3.05, 3.63) is 23.8 Å². The molecule has 6 nitrogen and oxygen atoms in total. The van der Waals surface area contributed by atoms with Crippen molar-refractivity contribution in [3.8, 4) is 11.5 Å². The van der Waals surface area contributed by atoms with E-state index in [0.717, 1.165) is 37.0 Å². The number of halogens is 1. The van der Waals surface area contributed by atoms with E-state index < -0.39 is 0 Å². The topological polar surface area (TPSA) is 75.1 Å². The van der Waals surface area contributed by atoms with Crippen LogP contribution in [0.15, 0.2) is 23.2 Å². The fourth-order valence-electron chi connectivity index (χ4n) is 2.22. The maximum atomic E-state index is 9.10. The van der Waals surface area contributed by atoms with Crippen molar-refractivity contribution < 1.29 is 14.6 Å². The van der Waals surface area contributed by atoms with E-state index in [1.54, 1.807) is 0 Å². The van der Waals surface area contributed by atoms with Crippen LogP contribution in [0, 0.1) is 5.92 Å². The average Bonchev–Trinajstić information content (AvgIpc) is 2.61. The summed E-state index contributed by atoms with van der Waals surface area (Å²) < 4.78 is 11.3. The highest BCUT2D eigenvalue weighted by Crippen LogP contribution is 2.28. The van der Waals surface area contributed by atoms with Gasteiger partial charge in [0, 0.05) is 26.2 Å². The fraction of sp³-hybridized carbons (Fsp3) is 0.632. The number of aliphatic hydroxyl groups excluding tert-OH is 1. The molecule has 0 radical (unpaired) electrons. The zero-order valence-electron chi connectivity index (χ0n) is 16.4. The fourth-order valence-corrected chi connectivity index (χ4v) is 2.22. The maximum absolute atomic E-state index is 9.10. The Bertz CT molecular complexity index is 527. The Hall–Kier alpha value is -1.22. The van der Waals surface area contributed by atoms with Crippen molar-refractivity contribution in [1.29, 1.82) is 0 Å². The van der Waals surface area contributed by atoms with Crippen LogP contribution in [-0.4, -0.2) is 50.5 Å². The predicted octanol–water partition coefficient (Wildman–Crippen LogP) is 2.83. The number of aliphatic imine (C=N–C) groups is 1. The Morgan fingerprint density at radius 3 is 2.42 bits per heavy atom. The van der Waals surface area contributed by atoms with Gasteiger partial charge in [0.05, 0.1) is 13.2 Å². The van der Waals surface area contributed by atoms with Crippen LogP contribution in [0.3, 0.4) is 0 Å². The highest BCUT2D eigenvalue weighted by Gasteiger charge is 2.07. The molecule has 0 spiro atoms. The minimum Gasteiger partial charge on any atom is -0.490 e. The van der Waals surface area contributed by atoms with E-state index in [0.29, 0.717) is 19.8 Å². The summed E-state index contributed by atoms with van der Waals surface area (Å²) >= 11 is 0. The third-order valence-electron chi connectivity index (χ3n) is 3.53. The summed E-state index contributed by atoms with van der Waals surface area (Å²) in [6.07, 6.45) is 0.854. The van der Waals surface area contributed by atoms with Crippen LogP contribution >= 0.6 is 24.0 Å². The van der Waals surface area contributed by atoms with Crippen LogP contribution < -0.4 is 20.1 Å². The average molecular weight is 479 g/mol. The number of hydrogen-bond donors (Lipinski definition) is 3. The molecule has 0 aromatic heterocycles. The molecule has 1 aromatic rings. The molecule has 0 amide bonds. The van der Waals surface area contributed by atoms with Gasteiger partial charge < -0.3 is 25.2 Å². The number of benzene rings is 1. The van der Waals surface area contributed by atoms with Crippen LogP contribution in [0.5, 0.6) is 11.5 Å². The molecular weight excluding hydrogens is 445 g/mol. The first-order chi connectivity index (χ1) is 12.1. The summed E-state index contributed by atoms with van der Waals surface area (Å²) in [7, 11) is 0. The molecule has 0 aliphatic rings. The Morgan fingerprint density at radius 1 is 1.12 bits per heavy atom. The van der Waals surface area contributed by atoms with Crippen molar-refractivity contribution >= 4 is 29.9 Å². The van der Waals surface area contributed by atoms with E-state index in [2.05, 4.69) is 21.7 Å². The van der Waals surface area contributed by atoms with Gasteiger partial charge in [0.15, 0.2) is 17.5 Å². The molecule has 7 heteroatoms. The molecule has 0 fully saturated rings. The molecule has 0 saturated heterocycles. The Labute approximate surface area is 174 Å². The largest absolute Gasteiger partial charge is 0.490 e. The SMILES string of the molecule is CCNC(=NCC(C)CO)NCCc1ccc(OCC)c(OCC)c1.I. The summed E-state index contributed by atoms with van der Waals surface area (Å²) in [6, 6.07) is 6.06. The minimum atomic E-state index is 0. The molecule has 0 bridgehead atoms. The van der Waals surface area contributed by atoms with Crippen LogP contribution in [0.1, 0.15) is 33.3 Å². The second kappa shape index (κ2) is 14.9. The molecule has 1 rings (SSSR count). The van der Waals surface area contributed by atoms with Gasteiger partial charge in [0.2, 0.25) is 0 Å². The van der Waals surface area contributed by atoms with Gasteiger partial charge in [-0.1, -0.05) is 13.0 Å². The van der Waals surface area contributed by atoms with Gasteiger partial charge in [0.1, 0.15) is 0 Å². The standard InChI is InChI=1S/C19H33N3O3.HI/c1-5-20-19(22-13-15(4)14-23)21-11-10-16-8-9-17(24-6-2)18(12-16)25-7-3;/h8-9,12,15,23H,5-7,10-11,13-14H2,1-4H3,(H2,20,21,22);1H. The Morgan fingerprint density at radius 2 is 1.81 bits per heavy atom. The molecule has 26 heavy (non-hydrogen) atoms. The van der Waals surface area contributed by atoms with Gasteiger partial charge in [0.25, 0.3) is 0 Å². The monoisotopic (exact) mass is 479 g/mol. The van der Waals surface area contributed by atoms with Crippen LogP contribution in [0.25, 0.3) is 0 Å². The van der Waals surface area contributed by atoms with E-state index in [-0.39, 0.29) is 36.5 Å². The molecule has 0 aliphatic carbocycles. The van der Waals surface area contributed by atoms with E-state index in [1.165, 1.54) is 5.56 Å². The summed E-state index contributed by atoms with van der Waals surface area (Å²) in [5, 5.41) is 15.6. The van der Waals surface area contributed by atoms with Gasteiger partial charge >= 0.3 is 0 Å². The summed E-state index contributed by atoms with van der Waals surface area (Å²) in [5.41, 5.74) is 1.18. The molecule has 3 N–H and O–H groups in total. The summed E-state index contributed by atoms with van der Waals surface area (Å²) in [6.45, 7) is 11.5. The van der Waals surface area contributed by atoms with Crippen molar-refractivity contribution in [2.24, 2.45) is 10.9 Å². The quantitative estimate of drug-likeness (QED) is 0.259. The molecule has 1 aromatic carbocycles. The molecule has 0 aliphatic heterocycles. The number of nitrogens with zero attached hydrogens (tertiary/aromatic N) is 1. The highest BCUT2D eigenvalue weighted by molar-refractivity contribution is 14.0. The lowest BCUT2D eigenvalue weighted by Crippen LogP contribution is -2.38. The predicted molar refractivity (Wildman–Crippen MR) is 118 cm³/mol. The van der Waals surface area contributed by atoms with Gasteiger partial charge in [-0.25, -0.2) is 0 Å². The van der Waals surface area contributed by atoms with E-state index >= 15 is 0 Å². The number of guanidine groups is 1. The first-order valence-corrected chi connectivity index (χ1v) is 9.16. The van der Waals surface area contributed by atoms with Gasteiger partial charge in [-0.2, -0.15) is 0 Å². The summed E-state index contributed by atoms with van der Waals surface area (Å²) in [4.78, 5) is 4.49. The lowest BCUT2D eigenvalue weighted by Gasteiger charge is -2.14. The number of rotatable bonds is 11. The molecule has 0 saturated carbocycles. The first kappa shape index (κ1) is 24.8. The number of ether oxygens (including phenoxy) is 2. The van der Waals surface area contributed by atoms with E-state index in [4.69, 9.17) is 14.6 Å². The molecular formula is C19H34IN3O3. The van der Waals surface area contributed by atoms with Crippen LogP contribution in [0.4, 0.5) is 0 Å². The van der Waals surface area contributed by atoms with Crippen LogP contribution in [0.2, 0.25) is 0 Å². The number of nitrogens with one attached hydrogen (secondary N) is 2. The van der Waals surface area contributed by atoms with Crippen LogP contribution in [-0.2, 0) is 6.42 Å². The second-order valence-electron chi connectivity index (χ2n) is 5.83. The second-order valence-corrected chi connectivity index (χ2v) is 5.83. The molecule has 150 valence electrons. The Balaban J connectivity index is 0.00000625. The van der Waals surface area contributed by atoms with E-state index in [9.17, 15) is 0 Å². The Kier molecular flexibility index (Phi) is 14.2. The molecule has 0 heterocycles. The molecule has 1 unspecified atom stereocenters. The smallest absolute Gasteiger partial charge is 0.191 e. The lowest BCUT2D eigenvalue weighted by molar-refractivity contribution is 0.241. The van der Waals surface area contributed by atoms with Gasteiger partial charge in [-0.15, -0.1) is 24.0 Å². The van der Waals surface area contributed by atoms with Crippen molar-refractivity contribution in [2.45, 2.75) is 34.1 Å². The van der Waals surface area contributed by atoms with Crippen molar-refractivity contribution in [1.82, 2.24) is 10.6 Å². The first-order valence-electron chi connectivity index (χ1n) is 9.16. The zero-order chi connectivity index (χ0) is 18.5. The van der Waals surface area contributed by atoms with Crippen molar-refractivity contribution in [2.75, 3.05) is 39.5 Å². The third kappa shape index (κ3) is 9.47. The number of hydrogen-bond acceptors (Lipinski definition) is 4. The zero-order valence-corrected chi connectivity index (χ0v) is 18.7. The lowest BCUT2D eigenvalue weighted by atomic mass is 10.1. The summed E-state index contributed by atoms with van der Waals surface area (Å²) in [5.74, 6) is 2.52. The van der Waals surface area contributed by atoms with Gasteiger partial charge in [-0.3, -0.25) is 4.99 Å². The normalized spacial score (nSPS) is 12.1. The third-order valence-corrected chi connectivity index (χ3v) is 3.53. The maximum Gasteiger partial charge on any atom is 0.191 e. The molecule has 1 atom stereocenters. The van der Waals surface area contributed by atoms with E-state index in [1.807, 2.05) is 39.8 Å². The number of aliphatic hydroxyl groups is 1. The highest BCUT2D eigenvalue weighted by atomic mass is 127.